The summed E-state index contributed by atoms with van der Waals surface area (Å²) in [6.07, 6.45) is 4.56. The molecular formula is C13H20BrN5O. The van der Waals surface area contributed by atoms with Gasteiger partial charge in [0.15, 0.2) is 0 Å². The standard InChI is InChI=1S/C13H20BrN5O/c1-15-13-17-6-11(14)12(18-13)16-5-10-7-19-4-2-3-9(19)8-20-10/h6,9-10H,2-5,7-8H2,1H3,(H2,15,16,17,18). The van der Waals surface area contributed by atoms with Crippen LogP contribution < -0.4 is 10.6 Å². The molecule has 2 saturated heterocycles. The zero-order valence-electron chi connectivity index (χ0n) is 11.6. The number of nitrogens with one attached hydrogen (secondary N) is 2. The fraction of sp³-hybridized carbons (Fsp3) is 0.692. The van der Waals surface area contributed by atoms with Gasteiger partial charge in [-0.1, -0.05) is 0 Å². The second-order valence-corrected chi connectivity index (χ2v) is 6.12. The maximum atomic E-state index is 5.93. The van der Waals surface area contributed by atoms with E-state index in [0.717, 1.165) is 30.0 Å². The number of hydrogen-bond acceptors (Lipinski definition) is 6. The third kappa shape index (κ3) is 3.05. The Kier molecular flexibility index (Phi) is 4.38. The fourth-order valence-corrected chi connectivity index (χ4v) is 3.16. The molecule has 2 atom stereocenters. The van der Waals surface area contributed by atoms with Crippen molar-refractivity contribution in [2.75, 3.05) is 43.9 Å². The van der Waals surface area contributed by atoms with Crippen molar-refractivity contribution in [3.05, 3.63) is 10.7 Å². The van der Waals surface area contributed by atoms with Crippen LogP contribution in [0.15, 0.2) is 10.7 Å². The van der Waals surface area contributed by atoms with Crippen LogP contribution in [-0.4, -0.2) is 60.3 Å². The molecular weight excluding hydrogens is 322 g/mol. The van der Waals surface area contributed by atoms with Crippen LogP contribution in [0.25, 0.3) is 0 Å². The monoisotopic (exact) mass is 341 g/mol. The van der Waals surface area contributed by atoms with Crippen molar-refractivity contribution in [3.8, 4) is 0 Å². The van der Waals surface area contributed by atoms with E-state index < -0.39 is 0 Å². The fourth-order valence-electron chi connectivity index (χ4n) is 2.83. The number of fused-ring (bicyclic) bond motifs is 1. The molecule has 6 nitrogen and oxygen atoms in total. The molecule has 3 rings (SSSR count). The first kappa shape index (κ1) is 14.0. The zero-order valence-corrected chi connectivity index (χ0v) is 13.2. The highest BCUT2D eigenvalue weighted by Gasteiger charge is 2.32. The Hall–Kier alpha value is -0.920. The molecule has 0 aromatic carbocycles. The van der Waals surface area contributed by atoms with Gasteiger partial charge >= 0.3 is 0 Å². The summed E-state index contributed by atoms with van der Waals surface area (Å²) in [6, 6.07) is 0.646. The Morgan fingerprint density at radius 1 is 1.55 bits per heavy atom. The molecule has 1 aromatic rings. The maximum Gasteiger partial charge on any atom is 0.224 e. The van der Waals surface area contributed by atoms with Gasteiger partial charge in [0.1, 0.15) is 5.82 Å². The van der Waals surface area contributed by atoms with Gasteiger partial charge in [-0.3, -0.25) is 4.90 Å². The normalized spacial score (nSPS) is 26.3. The van der Waals surface area contributed by atoms with Crippen molar-refractivity contribution in [2.24, 2.45) is 0 Å². The summed E-state index contributed by atoms with van der Waals surface area (Å²) in [7, 11) is 1.81. The zero-order chi connectivity index (χ0) is 13.9. The minimum absolute atomic E-state index is 0.226. The molecule has 1 aromatic heterocycles. The van der Waals surface area contributed by atoms with Crippen LogP contribution in [-0.2, 0) is 4.74 Å². The Bertz CT molecular complexity index is 472. The first-order valence-electron chi connectivity index (χ1n) is 7.06. The van der Waals surface area contributed by atoms with E-state index in [1.807, 2.05) is 7.05 Å². The largest absolute Gasteiger partial charge is 0.373 e. The smallest absolute Gasteiger partial charge is 0.224 e. The third-order valence-corrected chi connectivity index (χ3v) is 4.51. The summed E-state index contributed by atoms with van der Waals surface area (Å²) in [5.41, 5.74) is 0. The summed E-state index contributed by atoms with van der Waals surface area (Å²) in [5.74, 6) is 1.41. The number of morpholine rings is 1. The van der Waals surface area contributed by atoms with Crippen LogP contribution in [0.2, 0.25) is 0 Å². The lowest BCUT2D eigenvalue weighted by atomic mass is 10.2. The van der Waals surface area contributed by atoms with E-state index in [1.165, 1.54) is 19.4 Å². The minimum Gasteiger partial charge on any atom is -0.373 e. The first-order chi connectivity index (χ1) is 9.76. The lowest BCUT2D eigenvalue weighted by molar-refractivity contribution is -0.0416. The third-order valence-electron chi connectivity index (χ3n) is 3.93. The summed E-state index contributed by atoms with van der Waals surface area (Å²) in [4.78, 5) is 11.1. The SMILES string of the molecule is CNc1ncc(Br)c(NCC2CN3CCCC3CO2)n1. The second-order valence-electron chi connectivity index (χ2n) is 5.27. The van der Waals surface area contributed by atoms with E-state index in [4.69, 9.17) is 4.74 Å². The second kappa shape index (κ2) is 6.24. The van der Waals surface area contributed by atoms with E-state index >= 15 is 0 Å². The van der Waals surface area contributed by atoms with Crippen LogP contribution in [0.3, 0.4) is 0 Å². The molecule has 2 aliphatic rings. The summed E-state index contributed by atoms with van der Waals surface area (Å²) in [6.45, 7) is 3.85. The van der Waals surface area contributed by atoms with Crippen LogP contribution in [0.5, 0.6) is 0 Å². The van der Waals surface area contributed by atoms with Gasteiger partial charge < -0.3 is 15.4 Å². The predicted octanol–water partition coefficient (Wildman–Crippen LogP) is 1.56. The van der Waals surface area contributed by atoms with Gasteiger partial charge in [-0.05, 0) is 35.3 Å². The predicted molar refractivity (Wildman–Crippen MR) is 82.1 cm³/mol. The average Bonchev–Trinajstić information content (AvgIpc) is 2.94. The number of hydrogen-bond donors (Lipinski definition) is 2. The number of halogens is 1. The molecule has 0 bridgehead atoms. The van der Waals surface area contributed by atoms with E-state index in [1.54, 1.807) is 6.20 Å². The van der Waals surface area contributed by atoms with Crippen molar-refractivity contribution in [3.63, 3.8) is 0 Å². The Balaban J connectivity index is 1.56. The van der Waals surface area contributed by atoms with Gasteiger partial charge in [0.25, 0.3) is 0 Å². The molecule has 2 unspecified atom stereocenters. The number of ether oxygens (including phenoxy) is 1. The molecule has 3 heterocycles. The molecule has 2 fully saturated rings. The van der Waals surface area contributed by atoms with Gasteiger partial charge in [-0.2, -0.15) is 4.98 Å². The van der Waals surface area contributed by atoms with Gasteiger partial charge in [-0.25, -0.2) is 4.98 Å². The molecule has 0 saturated carbocycles. The van der Waals surface area contributed by atoms with Gasteiger partial charge in [0.05, 0.1) is 17.2 Å². The van der Waals surface area contributed by atoms with Gasteiger partial charge in [0, 0.05) is 32.4 Å². The van der Waals surface area contributed by atoms with Crippen LogP contribution >= 0.6 is 15.9 Å². The number of rotatable bonds is 4. The maximum absolute atomic E-state index is 5.93. The van der Waals surface area contributed by atoms with Crippen molar-refractivity contribution in [1.29, 1.82) is 0 Å². The topological polar surface area (TPSA) is 62.3 Å². The molecule has 2 aliphatic heterocycles. The van der Waals surface area contributed by atoms with Crippen molar-refractivity contribution in [1.82, 2.24) is 14.9 Å². The summed E-state index contributed by atoms with van der Waals surface area (Å²) < 4.78 is 6.80. The summed E-state index contributed by atoms with van der Waals surface area (Å²) in [5, 5.41) is 6.29. The van der Waals surface area contributed by atoms with Crippen LogP contribution in [0.1, 0.15) is 12.8 Å². The van der Waals surface area contributed by atoms with Gasteiger partial charge in [-0.15, -0.1) is 0 Å². The number of nitrogens with zero attached hydrogens (tertiary/aromatic N) is 3. The average molecular weight is 342 g/mol. The van der Waals surface area contributed by atoms with E-state index in [0.29, 0.717) is 12.0 Å². The van der Waals surface area contributed by atoms with E-state index in [-0.39, 0.29) is 6.10 Å². The van der Waals surface area contributed by atoms with Crippen molar-refractivity contribution in [2.45, 2.75) is 25.0 Å². The highest BCUT2D eigenvalue weighted by Crippen LogP contribution is 2.24. The number of anilines is 2. The van der Waals surface area contributed by atoms with Crippen molar-refractivity contribution >= 4 is 27.7 Å². The minimum atomic E-state index is 0.226. The van der Waals surface area contributed by atoms with Gasteiger partial charge in [0.2, 0.25) is 5.95 Å². The molecule has 0 spiro atoms. The Morgan fingerprint density at radius 3 is 3.30 bits per heavy atom. The molecule has 110 valence electrons. The first-order valence-corrected chi connectivity index (χ1v) is 7.85. The lowest BCUT2D eigenvalue weighted by Crippen LogP contribution is -2.48. The molecule has 0 amide bonds. The molecule has 2 N–H and O–H groups in total. The molecule has 0 radical (unpaired) electrons. The van der Waals surface area contributed by atoms with Crippen LogP contribution in [0.4, 0.5) is 11.8 Å². The Morgan fingerprint density at radius 2 is 2.45 bits per heavy atom. The highest BCUT2D eigenvalue weighted by molar-refractivity contribution is 9.10. The molecule has 0 aliphatic carbocycles. The molecule has 20 heavy (non-hydrogen) atoms. The van der Waals surface area contributed by atoms with Crippen LogP contribution in [0, 0.1) is 0 Å². The summed E-state index contributed by atoms with van der Waals surface area (Å²) >= 11 is 3.46. The quantitative estimate of drug-likeness (QED) is 0.866. The Labute approximate surface area is 127 Å². The van der Waals surface area contributed by atoms with Crippen molar-refractivity contribution < 1.29 is 4.74 Å². The lowest BCUT2D eigenvalue weighted by Gasteiger charge is -2.35. The van der Waals surface area contributed by atoms with E-state index in [9.17, 15) is 0 Å². The molecule has 7 heteroatoms. The highest BCUT2D eigenvalue weighted by atomic mass is 79.9. The number of aromatic nitrogens is 2. The van der Waals surface area contributed by atoms with E-state index in [2.05, 4.69) is 41.4 Å².